The van der Waals surface area contributed by atoms with Crippen LogP contribution in [0.2, 0.25) is 0 Å². The van der Waals surface area contributed by atoms with Crippen molar-refractivity contribution >= 4 is 28.4 Å². The molecule has 9 heavy (non-hydrogen) atoms. The van der Waals surface area contributed by atoms with E-state index in [-0.39, 0.29) is 0 Å². The summed E-state index contributed by atoms with van der Waals surface area (Å²) in [6.07, 6.45) is 1.45. The van der Waals surface area contributed by atoms with Gasteiger partial charge in [0.05, 0.1) is 6.20 Å². The number of nitrogens with one attached hydrogen (secondary N) is 1. The van der Waals surface area contributed by atoms with E-state index in [0.717, 1.165) is 0 Å². The zero-order valence-corrected chi connectivity index (χ0v) is 6.79. The summed E-state index contributed by atoms with van der Waals surface area (Å²) in [4.78, 5) is 3.72. The molecule has 0 aromatic carbocycles. The highest BCUT2D eigenvalue weighted by molar-refractivity contribution is 6.64. The third kappa shape index (κ3) is 5.66. The van der Waals surface area contributed by atoms with Crippen LogP contribution in [0.1, 0.15) is 6.92 Å². The molecule has 0 rings (SSSR count). The Bertz CT molecular complexity index is 136. The average molecular weight is 167 g/mol. The lowest BCUT2D eigenvalue weighted by molar-refractivity contribution is 1.06. The second kappa shape index (κ2) is 4.65. The van der Waals surface area contributed by atoms with Gasteiger partial charge in [-0.25, -0.2) is 4.99 Å². The molecule has 0 saturated carbocycles. The fourth-order valence-electron chi connectivity index (χ4n) is 0.210. The van der Waals surface area contributed by atoms with Gasteiger partial charge >= 0.3 is 0 Å². The molecule has 0 spiro atoms. The van der Waals surface area contributed by atoms with Gasteiger partial charge in [-0.05, 0) is 6.92 Å². The van der Waals surface area contributed by atoms with Crippen LogP contribution in [-0.4, -0.2) is 12.2 Å². The summed E-state index contributed by atoms with van der Waals surface area (Å²) in [5.41, 5.74) is 0. The molecule has 0 radical (unpaired) electrons. The first-order chi connectivity index (χ1) is 4.16. The number of halogens is 2. The van der Waals surface area contributed by atoms with Crippen LogP contribution in [0.4, 0.5) is 0 Å². The highest BCUT2D eigenvalue weighted by atomic mass is 35.5. The molecule has 0 amide bonds. The van der Waals surface area contributed by atoms with Crippen molar-refractivity contribution < 1.29 is 0 Å². The molecule has 0 aliphatic carbocycles. The SMILES string of the molecule is CN/C(Cl)=C\N=C(/C)Cl. The summed E-state index contributed by atoms with van der Waals surface area (Å²) in [6, 6.07) is 0. The molecule has 52 valence electrons. The molecule has 0 saturated heterocycles. The van der Waals surface area contributed by atoms with Crippen molar-refractivity contribution in [1.29, 1.82) is 0 Å². The number of aliphatic imine (C=N–C) groups is 1. The van der Waals surface area contributed by atoms with Crippen molar-refractivity contribution in [2.75, 3.05) is 7.05 Å². The van der Waals surface area contributed by atoms with E-state index >= 15 is 0 Å². The molecule has 0 fully saturated rings. The first kappa shape index (κ1) is 8.79. The minimum atomic E-state index is 0.461. The van der Waals surface area contributed by atoms with Crippen molar-refractivity contribution in [3.8, 4) is 0 Å². The Balaban J connectivity index is 3.83. The maximum absolute atomic E-state index is 5.49. The topological polar surface area (TPSA) is 24.4 Å². The third-order valence-corrected chi connectivity index (χ3v) is 0.979. The van der Waals surface area contributed by atoms with Gasteiger partial charge < -0.3 is 5.32 Å². The number of nitrogens with zero attached hydrogens (tertiary/aromatic N) is 1. The van der Waals surface area contributed by atoms with Gasteiger partial charge in [-0.2, -0.15) is 0 Å². The summed E-state index contributed by atoms with van der Waals surface area (Å²) >= 11 is 10.9. The van der Waals surface area contributed by atoms with Gasteiger partial charge in [0.15, 0.2) is 0 Å². The largest absolute Gasteiger partial charge is 0.378 e. The summed E-state index contributed by atoms with van der Waals surface area (Å²) in [7, 11) is 1.71. The Kier molecular flexibility index (Phi) is 4.54. The molecule has 0 heterocycles. The van der Waals surface area contributed by atoms with Crippen LogP contribution >= 0.6 is 23.2 Å². The van der Waals surface area contributed by atoms with Crippen molar-refractivity contribution in [1.82, 2.24) is 5.32 Å². The average Bonchev–Trinajstić information content (AvgIpc) is 1.83. The van der Waals surface area contributed by atoms with Gasteiger partial charge in [0.2, 0.25) is 0 Å². The smallest absolute Gasteiger partial charge is 0.120 e. The quantitative estimate of drug-likeness (QED) is 0.492. The van der Waals surface area contributed by atoms with Gasteiger partial charge in [0.1, 0.15) is 10.3 Å². The van der Waals surface area contributed by atoms with Gasteiger partial charge in [-0.15, -0.1) is 0 Å². The van der Waals surface area contributed by atoms with E-state index < -0.39 is 0 Å². The Labute approximate surface area is 64.6 Å². The Morgan fingerprint density at radius 1 is 1.56 bits per heavy atom. The minimum Gasteiger partial charge on any atom is -0.378 e. The fourth-order valence-corrected chi connectivity index (χ4v) is 0.308. The van der Waals surface area contributed by atoms with Crippen molar-refractivity contribution in [3.05, 3.63) is 11.4 Å². The Morgan fingerprint density at radius 3 is 2.44 bits per heavy atom. The molecule has 0 aromatic rings. The van der Waals surface area contributed by atoms with Crippen LogP contribution in [0.5, 0.6) is 0 Å². The van der Waals surface area contributed by atoms with Gasteiger partial charge in [0, 0.05) is 7.05 Å². The van der Waals surface area contributed by atoms with Crippen LogP contribution in [0, 0.1) is 0 Å². The lowest BCUT2D eigenvalue weighted by atomic mass is 10.8. The van der Waals surface area contributed by atoms with Crippen LogP contribution in [0.3, 0.4) is 0 Å². The lowest BCUT2D eigenvalue weighted by Crippen LogP contribution is -1.98. The summed E-state index contributed by atoms with van der Waals surface area (Å²) in [5, 5.41) is 3.61. The fraction of sp³-hybridized carbons (Fsp3) is 0.400. The number of rotatable bonds is 2. The summed E-state index contributed by atoms with van der Waals surface area (Å²) < 4.78 is 0. The first-order valence-corrected chi connectivity index (χ1v) is 3.15. The summed E-state index contributed by atoms with van der Waals surface area (Å²) in [6.45, 7) is 1.68. The monoisotopic (exact) mass is 166 g/mol. The molecule has 0 aromatic heterocycles. The second-order valence-electron chi connectivity index (χ2n) is 1.35. The summed E-state index contributed by atoms with van der Waals surface area (Å²) in [5.74, 6) is 0. The van der Waals surface area contributed by atoms with E-state index in [1.54, 1.807) is 14.0 Å². The van der Waals surface area contributed by atoms with Crippen LogP contribution in [0.25, 0.3) is 0 Å². The Hall–Kier alpha value is -0.210. The maximum Gasteiger partial charge on any atom is 0.120 e. The van der Waals surface area contributed by atoms with E-state index in [4.69, 9.17) is 23.2 Å². The van der Waals surface area contributed by atoms with E-state index in [9.17, 15) is 0 Å². The molecule has 0 unspecified atom stereocenters. The van der Waals surface area contributed by atoms with E-state index in [2.05, 4.69) is 10.3 Å². The molecule has 4 heteroatoms. The molecule has 0 bridgehead atoms. The molecule has 0 aliphatic rings. The van der Waals surface area contributed by atoms with Crippen molar-refractivity contribution in [3.63, 3.8) is 0 Å². The predicted molar refractivity (Wildman–Crippen MR) is 42.0 cm³/mol. The Morgan fingerprint density at radius 2 is 2.11 bits per heavy atom. The highest BCUT2D eigenvalue weighted by Crippen LogP contribution is 1.95. The molecule has 0 atom stereocenters. The third-order valence-electron chi connectivity index (χ3n) is 0.595. The van der Waals surface area contributed by atoms with Crippen molar-refractivity contribution in [2.45, 2.75) is 6.92 Å². The standard InChI is InChI=1S/C5H8Cl2N2/c1-4(6)9-3-5(7)8-2/h3,8H,1-2H3/b5-3-,9-4+. The van der Waals surface area contributed by atoms with Crippen LogP contribution < -0.4 is 5.32 Å². The zero-order chi connectivity index (χ0) is 7.28. The van der Waals surface area contributed by atoms with E-state index in [1.807, 2.05) is 0 Å². The molecular weight excluding hydrogens is 159 g/mol. The van der Waals surface area contributed by atoms with E-state index in [1.165, 1.54) is 6.20 Å². The van der Waals surface area contributed by atoms with Gasteiger partial charge in [-0.1, -0.05) is 23.2 Å². The number of hydrogen-bond acceptors (Lipinski definition) is 2. The van der Waals surface area contributed by atoms with E-state index in [0.29, 0.717) is 10.3 Å². The first-order valence-electron chi connectivity index (χ1n) is 2.40. The van der Waals surface area contributed by atoms with Crippen LogP contribution in [0.15, 0.2) is 16.3 Å². The maximum atomic E-state index is 5.49. The van der Waals surface area contributed by atoms with Gasteiger partial charge in [-0.3, -0.25) is 0 Å². The zero-order valence-electron chi connectivity index (χ0n) is 5.28. The second-order valence-corrected chi connectivity index (χ2v) is 2.31. The van der Waals surface area contributed by atoms with Gasteiger partial charge in [0.25, 0.3) is 0 Å². The molecule has 1 N–H and O–H groups in total. The predicted octanol–water partition coefficient (Wildman–Crippen LogP) is 1.90. The normalized spacial score (nSPS) is 13.8. The molecular formula is C5H8Cl2N2. The molecule has 2 nitrogen and oxygen atoms in total. The highest BCUT2D eigenvalue weighted by Gasteiger charge is 1.81. The van der Waals surface area contributed by atoms with Crippen LogP contribution in [-0.2, 0) is 0 Å². The lowest BCUT2D eigenvalue weighted by Gasteiger charge is -1.90. The molecule has 0 aliphatic heterocycles. The number of hydrogen-bond donors (Lipinski definition) is 1. The van der Waals surface area contributed by atoms with Crippen molar-refractivity contribution in [2.24, 2.45) is 4.99 Å². The minimum absolute atomic E-state index is 0.461.